The van der Waals surface area contributed by atoms with Gasteiger partial charge in [-0.15, -0.1) is 6.61 Å². The van der Waals surface area contributed by atoms with Crippen LogP contribution in [0.15, 0.2) is 0 Å². The van der Waals surface area contributed by atoms with E-state index in [4.69, 9.17) is 5.11 Å². The van der Waals surface area contributed by atoms with Crippen molar-refractivity contribution in [2.24, 2.45) is 0 Å². The van der Waals surface area contributed by atoms with E-state index in [1.54, 1.807) is 0 Å². The Hall–Kier alpha value is -0.120. The van der Waals surface area contributed by atoms with Crippen molar-refractivity contribution in [2.75, 3.05) is 26.4 Å². The molecular formula is C4H9O3-. The molecule has 0 aliphatic rings. The lowest BCUT2D eigenvalue weighted by molar-refractivity contribution is -0.374. The second-order valence-corrected chi connectivity index (χ2v) is 1.04. The van der Waals surface area contributed by atoms with Gasteiger partial charge in [-0.05, 0) is 0 Å². The lowest BCUT2D eigenvalue weighted by Crippen LogP contribution is -2.14. The zero-order valence-corrected chi connectivity index (χ0v) is 4.09. The number of aliphatic hydroxyl groups is 1. The summed E-state index contributed by atoms with van der Waals surface area (Å²) in [5.74, 6) is 0. The summed E-state index contributed by atoms with van der Waals surface area (Å²) in [5.41, 5.74) is 0. The summed E-state index contributed by atoms with van der Waals surface area (Å²) >= 11 is 0. The summed E-state index contributed by atoms with van der Waals surface area (Å²) in [6.45, 7) is 0.267. The van der Waals surface area contributed by atoms with Crippen molar-refractivity contribution < 1.29 is 14.9 Å². The molecule has 1 N–H and O–H groups in total. The van der Waals surface area contributed by atoms with Crippen LogP contribution in [0.25, 0.3) is 0 Å². The van der Waals surface area contributed by atoms with Crippen molar-refractivity contribution in [3.8, 4) is 0 Å². The summed E-state index contributed by atoms with van der Waals surface area (Å²) < 4.78 is 4.57. The van der Waals surface area contributed by atoms with Gasteiger partial charge in [0.15, 0.2) is 0 Å². The Bertz CT molecular complexity index is 26.1. The van der Waals surface area contributed by atoms with Crippen LogP contribution in [0, 0.1) is 0 Å². The van der Waals surface area contributed by atoms with Crippen molar-refractivity contribution >= 4 is 0 Å². The van der Waals surface area contributed by atoms with Gasteiger partial charge in [0.25, 0.3) is 0 Å². The molecule has 0 aromatic heterocycles. The van der Waals surface area contributed by atoms with Crippen molar-refractivity contribution in [3.63, 3.8) is 0 Å². The molecule has 0 aromatic rings. The first-order valence-corrected chi connectivity index (χ1v) is 2.18. The highest BCUT2D eigenvalue weighted by Gasteiger charge is 1.75. The average molecular weight is 105 g/mol. The van der Waals surface area contributed by atoms with Crippen LogP contribution < -0.4 is 5.11 Å². The zero-order valence-electron chi connectivity index (χ0n) is 4.09. The Kier molecular flexibility index (Phi) is 5.78. The number of ether oxygens (including phenoxy) is 1. The quantitative estimate of drug-likeness (QED) is 0.436. The van der Waals surface area contributed by atoms with E-state index in [9.17, 15) is 5.11 Å². The Morgan fingerprint density at radius 2 is 2.14 bits per heavy atom. The summed E-state index contributed by atoms with van der Waals surface area (Å²) in [5, 5.41) is 17.7. The molecule has 0 spiro atoms. The second kappa shape index (κ2) is 5.88. The normalized spacial score (nSPS) is 9.43. The summed E-state index contributed by atoms with van der Waals surface area (Å²) in [4.78, 5) is 0. The maximum atomic E-state index is 9.60. The SMILES string of the molecule is [O-]CCOCCO. The lowest BCUT2D eigenvalue weighted by Gasteiger charge is -2.01. The molecule has 0 amide bonds. The number of rotatable bonds is 4. The molecule has 7 heavy (non-hydrogen) atoms. The molecule has 0 aliphatic carbocycles. The minimum atomic E-state index is -0.222. The first kappa shape index (κ1) is 6.88. The van der Waals surface area contributed by atoms with Gasteiger partial charge in [0, 0.05) is 6.61 Å². The molecule has 0 aromatic carbocycles. The highest BCUT2D eigenvalue weighted by Crippen LogP contribution is 1.66. The van der Waals surface area contributed by atoms with Crippen molar-refractivity contribution in [1.29, 1.82) is 0 Å². The molecule has 0 bridgehead atoms. The number of hydrogen-bond acceptors (Lipinski definition) is 3. The van der Waals surface area contributed by atoms with E-state index in [2.05, 4.69) is 4.74 Å². The Morgan fingerprint density at radius 3 is 2.57 bits per heavy atom. The third-order valence-electron chi connectivity index (χ3n) is 0.463. The fraction of sp³-hybridized carbons (Fsp3) is 1.00. The lowest BCUT2D eigenvalue weighted by atomic mass is 10.7. The number of aliphatic hydroxyl groups excluding tert-OH is 1. The molecular weight excluding hydrogens is 96.0 g/mol. The highest BCUT2D eigenvalue weighted by atomic mass is 16.5. The third kappa shape index (κ3) is 5.88. The molecule has 44 valence electrons. The molecule has 0 rings (SSSR count). The van der Waals surface area contributed by atoms with E-state index in [1.165, 1.54) is 0 Å². The summed E-state index contributed by atoms with van der Waals surface area (Å²) in [7, 11) is 0. The standard InChI is InChI=1S/C4H9O3/c5-1-3-7-4-2-6/h5H,1-4H2/q-1. The average Bonchev–Trinajstić information content (AvgIpc) is 1.69. The molecule has 0 radical (unpaired) electrons. The Morgan fingerprint density at radius 1 is 1.43 bits per heavy atom. The molecule has 3 nitrogen and oxygen atoms in total. The van der Waals surface area contributed by atoms with E-state index in [1.807, 2.05) is 0 Å². The van der Waals surface area contributed by atoms with Crippen LogP contribution in [0.4, 0.5) is 0 Å². The summed E-state index contributed by atoms with van der Waals surface area (Å²) in [6.07, 6.45) is 0. The van der Waals surface area contributed by atoms with Crippen molar-refractivity contribution in [3.05, 3.63) is 0 Å². The van der Waals surface area contributed by atoms with Crippen LogP contribution >= 0.6 is 0 Å². The predicted octanol–water partition coefficient (Wildman–Crippen LogP) is -1.64. The molecule has 3 heteroatoms. The second-order valence-electron chi connectivity index (χ2n) is 1.04. The van der Waals surface area contributed by atoms with Gasteiger partial charge in [-0.1, -0.05) is 0 Å². The van der Waals surface area contributed by atoms with Gasteiger partial charge in [-0.3, -0.25) is 0 Å². The fourth-order valence-corrected chi connectivity index (χ4v) is 0.226. The highest BCUT2D eigenvalue weighted by molar-refractivity contribution is 4.23. The largest absolute Gasteiger partial charge is 0.853 e. The van der Waals surface area contributed by atoms with Gasteiger partial charge in [-0.25, -0.2) is 0 Å². The van der Waals surface area contributed by atoms with Gasteiger partial charge in [0.2, 0.25) is 0 Å². The van der Waals surface area contributed by atoms with Gasteiger partial charge >= 0.3 is 0 Å². The van der Waals surface area contributed by atoms with Crippen molar-refractivity contribution in [1.82, 2.24) is 0 Å². The Balaban J connectivity index is 2.45. The van der Waals surface area contributed by atoms with E-state index in [0.29, 0.717) is 0 Å². The molecule has 0 atom stereocenters. The number of hydrogen-bond donors (Lipinski definition) is 1. The van der Waals surface area contributed by atoms with Gasteiger partial charge in [0.1, 0.15) is 0 Å². The van der Waals surface area contributed by atoms with Crippen LogP contribution in [-0.2, 0) is 4.74 Å². The molecule has 0 unspecified atom stereocenters. The minimum Gasteiger partial charge on any atom is -0.853 e. The maximum absolute atomic E-state index is 9.60. The molecule has 0 fully saturated rings. The van der Waals surface area contributed by atoms with E-state index < -0.39 is 0 Å². The van der Waals surface area contributed by atoms with Crippen LogP contribution in [0.1, 0.15) is 0 Å². The molecule has 0 saturated carbocycles. The van der Waals surface area contributed by atoms with E-state index >= 15 is 0 Å². The van der Waals surface area contributed by atoms with E-state index in [0.717, 1.165) is 0 Å². The van der Waals surface area contributed by atoms with Crippen LogP contribution in [0.3, 0.4) is 0 Å². The third-order valence-corrected chi connectivity index (χ3v) is 0.463. The fourth-order valence-electron chi connectivity index (χ4n) is 0.226. The van der Waals surface area contributed by atoms with Crippen LogP contribution in [0.2, 0.25) is 0 Å². The molecule has 0 aliphatic heterocycles. The smallest absolute Gasteiger partial charge is 0.0697 e. The Labute approximate surface area is 42.5 Å². The van der Waals surface area contributed by atoms with Crippen LogP contribution in [0.5, 0.6) is 0 Å². The monoisotopic (exact) mass is 105 g/mol. The van der Waals surface area contributed by atoms with Gasteiger partial charge in [0.05, 0.1) is 13.2 Å². The van der Waals surface area contributed by atoms with Gasteiger partial charge < -0.3 is 14.9 Å². The molecule has 0 heterocycles. The maximum Gasteiger partial charge on any atom is 0.0697 e. The van der Waals surface area contributed by atoms with E-state index in [-0.39, 0.29) is 26.4 Å². The topological polar surface area (TPSA) is 52.5 Å². The molecule has 0 saturated heterocycles. The van der Waals surface area contributed by atoms with Crippen molar-refractivity contribution in [2.45, 2.75) is 0 Å². The summed E-state index contributed by atoms with van der Waals surface area (Å²) in [6, 6.07) is 0. The minimum absolute atomic E-state index is 0. The zero-order chi connectivity index (χ0) is 5.54. The first-order valence-electron chi connectivity index (χ1n) is 2.18. The van der Waals surface area contributed by atoms with Gasteiger partial charge in [-0.2, -0.15) is 0 Å². The first-order chi connectivity index (χ1) is 3.41. The van der Waals surface area contributed by atoms with Crippen LogP contribution in [-0.4, -0.2) is 31.5 Å². The predicted molar refractivity (Wildman–Crippen MR) is 22.8 cm³/mol.